The monoisotopic (exact) mass is 314 g/mol. The van der Waals surface area contributed by atoms with E-state index < -0.39 is 0 Å². The molecule has 4 fully saturated rings. The molecule has 0 amide bonds. The van der Waals surface area contributed by atoms with E-state index in [1.807, 2.05) is 0 Å². The molecule has 0 saturated heterocycles. The fourth-order valence-corrected chi connectivity index (χ4v) is 5.72. The Morgan fingerprint density at radius 2 is 1.33 bits per heavy atom. The second-order valence-corrected chi connectivity index (χ2v) is 8.10. The Balaban J connectivity index is 0.00000161. The highest BCUT2D eigenvalue weighted by atomic mass is 35.5. The first kappa shape index (κ1) is 17.6. The number of hydrogen-bond donors (Lipinski definition) is 1. The van der Waals surface area contributed by atoms with Crippen molar-refractivity contribution >= 4 is 12.4 Å². The van der Waals surface area contributed by atoms with Gasteiger partial charge >= 0.3 is 0 Å². The Morgan fingerprint density at radius 1 is 0.857 bits per heavy atom. The SMILES string of the molecule is CCCCCCCCN(N)C12CC3CC(CC(C3)C1)C2.Cl. The molecule has 0 aromatic heterocycles. The van der Waals surface area contributed by atoms with Gasteiger partial charge in [0.05, 0.1) is 0 Å². The van der Waals surface area contributed by atoms with Crippen molar-refractivity contribution in [3.63, 3.8) is 0 Å². The van der Waals surface area contributed by atoms with Crippen molar-refractivity contribution in [3.05, 3.63) is 0 Å². The Kier molecular flexibility index (Phi) is 6.40. The third-order valence-electron chi connectivity index (χ3n) is 6.37. The quantitative estimate of drug-likeness (QED) is 0.392. The van der Waals surface area contributed by atoms with E-state index in [0.29, 0.717) is 5.54 Å². The first-order valence-electron chi connectivity index (χ1n) is 9.24. The molecule has 4 rings (SSSR count). The molecular weight excluding hydrogens is 280 g/mol. The van der Waals surface area contributed by atoms with Gasteiger partial charge in [0.15, 0.2) is 0 Å². The number of hydrazine groups is 1. The van der Waals surface area contributed by atoms with E-state index in [4.69, 9.17) is 5.84 Å². The van der Waals surface area contributed by atoms with Crippen molar-refractivity contribution in [2.75, 3.05) is 6.54 Å². The van der Waals surface area contributed by atoms with Crippen LogP contribution in [0.1, 0.15) is 84.0 Å². The summed E-state index contributed by atoms with van der Waals surface area (Å²) in [5.74, 6) is 9.58. The largest absolute Gasteiger partial charge is 0.268 e. The molecule has 0 spiro atoms. The highest BCUT2D eigenvalue weighted by molar-refractivity contribution is 5.85. The van der Waals surface area contributed by atoms with Gasteiger partial charge in [-0.2, -0.15) is 0 Å². The summed E-state index contributed by atoms with van der Waals surface area (Å²) < 4.78 is 0. The van der Waals surface area contributed by atoms with Gasteiger partial charge in [-0.3, -0.25) is 5.84 Å². The van der Waals surface area contributed by atoms with Gasteiger partial charge in [0.1, 0.15) is 0 Å². The van der Waals surface area contributed by atoms with Crippen LogP contribution in [0, 0.1) is 17.8 Å². The molecule has 2 nitrogen and oxygen atoms in total. The Bertz CT molecular complexity index is 283. The maximum atomic E-state index is 6.55. The highest BCUT2D eigenvalue weighted by Gasteiger charge is 2.52. The van der Waals surface area contributed by atoms with Crippen LogP contribution in [0.25, 0.3) is 0 Å². The van der Waals surface area contributed by atoms with E-state index in [2.05, 4.69) is 11.9 Å². The Morgan fingerprint density at radius 3 is 1.86 bits per heavy atom. The third kappa shape index (κ3) is 3.95. The third-order valence-corrected chi connectivity index (χ3v) is 6.37. The zero-order valence-electron chi connectivity index (χ0n) is 13.9. The van der Waals surface area contributed by atoms with Crippen molar-refractivity contribution < 1.29 is 0 Å². The highest BCUT2D eigenvalue weighted by Crippen LogP contribution is 2.57. The molecule has 0 aromatic rings. The normalized spacial score (nSPS) is 37.0. The van der Waals surface area contributed by atoms with E-state index in [9.17, 15) is 0 Å². The van der Waals surface area contributed by atoms with Crippen LogP contribution < -0.4 is 5.84 Å². The molecule has 4 bridgehead atoms. The lowest BCUT2D eigenvalue weighted by molar-refractivity contribution is -0.0903. The lowest BCUT2D eigenvalue weighted by atomic mass is 9.53. The molecule has 0 aliphatic heterocycles. The molecule has 3 heteroatoms. The topological polar surface area (TPSA) is 29.3 Å². The van der Waals surface area contributed by atoms with Gasteiger partial charge in [0.2, 0.25) is 0 Å². The summed E-state index contributed by atoms with van der Waals surface area (Å²) in [5.41, 5.74) is 0.415. The molecule has 4 aliphatic rings. The summed E-state index contributed by atoms with van der Waals surface area (Å²) >= 11 is 0. The van der Waals surface area contributed by atoms with Gasteiger partial charge in [0.25, 0.3) is 0 Å². The Labute approximate surface area is 137 Å². The lowest BCUT2D eigenvalue weighted by Gasteiger charge is -2.59. The first-order valence-corrected chi connectivity index (χ1v) is 9.24. The number of nitrogens with two attached hydrogens (primary N) is 1. The van der Waals surface area contributed by atoms with Gasteiger partial charge < -0.3 is 0 Å². The van der Waals surface area contributed by atoms with Gasteiger partial charge in [0, 0.05) is 12.1 Å². The molecule has 0 aromatic carbocycles. The second-order valence-electron chi connectivity index (χ2n) is 8.10. The number of unbranched alkanes of at least 4 members (excludes halogenated alkanes) is 5. The average molecular weight is 315 g/mol. The molecule has 2 N–H and O–H groups in total. The standard InChI is InChI=1S/C18H34N2.ClH/c1-2-3-4-5-6-7-8-20(19)18-12-15-9-16(13-18)11-17(10-15)14-18;/h15-17H,2-14,19H2,1H3;1H. The van der Waals surface area contributed by atoms with E-state index in [1.54, 1.807) is 0 Å². The molecule has 0 unspecified atom stereocenters. The Hall–Kier alpha value is 0.210. The minimum Gasteiger partial charge on any atom is -0.268 e. The van der Waals surface area contributed by atoms with Crippen LogP contribution in [-0.2, 0) is 0 Å². The fraction of sp³-hybridized carbons (Fsp3) is 1.00. The summed E-state index contributed by atoms with van der Waals surface area (Å²) in [7, 11) is 0. The van der Waals surface area contributed by atoms with Crippen LogP contribution in [-0.4, -0.2) is 17.1 Å². The molecule has 4 saturated carbocycles. The summed E-state index contributed by atoms with van der Waals surface area (Å²) in [6.45, 7) is 3.42. The van der Waals surface area contributed by atoms with Crippen molar-refractivity contribution in [1.82, 2.24) is 5.01 Å². The van der Waals surface area contributed by atoms with Crippen molar-refractivity contribution in [3.8, 4) is 0 Å². The van der Waals surface area contributed by atoms with Crippen LogP contribution in [0.15, 0.2) is 0 Å². The smallest absolute Gasteiger partial charge is 0.0359 e. The maximum Gasteiger partial charge on any atom is 0.0359 e. The maximum absolute atomic E-state index is 6.55. The number of hydrogen-bond acceptors (Lipinski definition) is 2. The predicted octanol–water partition coefficient (Wildman–Crippen LogP) is 4.91. The molecule has 124 valence electrons. The molecule has 0 atom stereocenters. The fourth-order valence-electron chi connectivity index (χ4n) is 5.72. The predicted molar refractivity (Wildman–Crippen MR) is 92.4 cm³/mol. The van der Waals surface area contributed by atoms with E-state index in [-0.39, 0.29) is 12.4 Å². The molecule has 4 aliphatic carbocycles. The lowest BCUT2D eigenvalue weighted by Crippen LogP contribution is -2.62. The molecule has 0 heterocycles. The average Bonchev–Trinajstić information content (AvgIpc) is 2.41. The van der Waals surface area contributed by atoms with Gasteiger partial charge in [-0.1, -0.05) is 39.0 Å². The number of rotatable bonds is 8. The van der Waals surface area contributed by atoms with Crippen LogP contribution in [0.4, 0.5) is 0 Å². The number of nitrogens with zero attached hydrogens (tertiary/aromatic N) is 1. The summed E-state index contributed by atoms with van der Waals surface area (Å²) in [6.07, 6.45) is 17.0. The summed E-state index contributed by atoms with van der Waals surface area (Å²) in [4.78, 5) is 0. The van der Waals surface area contributed by atoms with Crippen molar-refractivity contribution in [2.24, 2.45) is 23.6 Å². The van der Waals surface area contributed by atoms with Crippen LogP contribution in [0.2, 0.25) is 0 Å². The minimum absolute atomic E-state index is 0. The second kappa shape index (κ2) is 7.66. The van der Waals surface area contributed by atoms with Gasteiger partial charge in [-0.05, 0) is 62.7 Å². The molecule has 0 radical (unpaired) electrons. The summed E-state index contributed by atoms with van der Waals surface area (Å²) in [6, 6.07) is 0. The van der Waals surface area contributed by atoms with Gasteiger partial charge in [-0.15, -0.1) is 12.4 Å². The summed E-state index contributed by atoms with van der Waals surface area (Å²) in [5, 5.41) is 2.30. The van der Waals surface area contributed by atoms with Crippen molar-refractivity contribution in [2.45, 2.75) is 89.5 Å². The van der Waals surface area contributed by atoms with E-state index >= 15 is 0 Å². The van der Waals surface area contributed by atoms with Gasteiger partial charge in [-0.25, -0.2) is 5.01 Å². The zero-order valence-corrected chi connectivity index (χ0v) is 14.7. The molecular formula is C18H35ClN2. The first-order chi connectivity index (χ1) is 9.72. The molecule has 21 heavy (non-hydrogen) atoms. The van der Waals surface area contributed by atoms with E-state index in [1.165, 1.54) is 77.0 Å². The van der Waals surface area contributed by atoms with E-state index in [0.717, 1.165) is 24.3 Å². The minimum atomic E-state index is 0. The van der Waals surface area contributed by atoms with Crippen molar-refractivity contribution in [1.29, 1.82) is 0 Å². The van der Waals surface area contributed by atoms with Crippen LogP contribution in [0.5, 0.6) is 0 Å². The van der Waals surface area contributed by atoms with Crippen LogP contribution >= 0.6 is 12.4 Å². The zero-order chi connectivity index (χ0) is 14.0. The van der Waals surface area contributed by atoms with Crippen LogP contribution in [0.3, 0.4) is 0 Å². The number of halogens is 1.